The molecule has 0 aliphatic carbocycles. The number of imide groups is 1. The van der Waals surface area contributed by atoms with Crippen LogP contribution in [0.5, 0.6) is 0 Å². The summed E-state index contributed by atoms with van der Waals surface area (Å²) in [5, 5.41) is 1.87. The van der Waals surface area contributed by atoms with Gasteiger partial charge >= 0.3 is 0 Å². The Labute approximate surface area is 58.2 Å². The van der Waals surface area contributed by atoms with Crippen molar-refractivity contribution in [2.75, 3.05) is 5.75 Å². The molecule has 0 bridgehead atoms. The van der Waals surface area contributed by atoms with E-state index in [0.29, 0.717) is 5.75 Å². The lowest BCUT2D eigenvalue weighted by atomic mass is 10.7. The first-order chi connectivity index (χ1) is 4.29. The minimum absolute atomic E-state index is 0.185. The first-order valence-electron chi connectivity index (χ1n) is 2.75. The van der Waals surface area contributed by atoms with Crippen LogP contribution in [0.15, 0.2) is 0 Å². The fourth-order valence-electron chi connectivity index (χ4n) is 0.317. The minimum Gasteiger partial charge on any atom is -0.286 e. The van der Waals surface area contributed by atoms with Crippen LogP contribution in [-0.2, 0) is 4.79 Å². The van der Waals surface area contributed by atoms with Crippen LogP contribution in [-0.4, -0.2) is 16.9 Å². The van der Waals surface area contributed by atoms with Crippen LogP contribution in [0, 0.1) is 0 Å². The summed E-state index contributed by atoms with van der Waals surface area (Å²) in [5.41, 5.74) is 0. The summed E-state index contributed by atoms with van der Waals surface area (Å²) in [4.78, 5) is 20.2. The van der Waals surface area contributed by atoms with Crippen molar-refractivity contribution < 1.29 is 9.59 Å². The molecule has 0 aromatic heterocycles. The third-order valence-electron chi connectivity index (χ3n) is 0.576. The summed E-state index contributed by atoms with van der Waals surface area (Å²) in [6.07, 6.45) is 0. The maximum Gasteiger partial charge on any atom is 0.286 e. The fraction of sp³-hybridized carbons (Fsp3) is 0.600. The lowest BCUT2D eigenvalue weighted by Gasteiger charge is -1.77. The smallest absolute Gasteiger partial charge is 0.286 e. The zero-order valence-corrected chi connectivity index (χ0v) is 6.25. The van der Waals surface area contributed by atoms with E-state index in [1.54, 1.807) is 0 Å². The number of carbonyl (C=O) groups excluding carboxylic acids is 2. The lowest BCUT2D eigenvalue weighted by molar-refractivity contribution is -0.117. The second-order valence-corrected chi connectivity index (χ2v) is 2.07. The molecule has 1 aliphatic heterocycles. The van der Waals surface area contributed by atoms with Crippen LogP contribution >= 0.6 is 11.8 Å². The van der Waals surface area contributed by atoms with Gasteiger partial charge < -0.3 is 0 Å². The van der Waals surface area contributed by atoms with Crippen LogP contribution in [0.25, 0.3) is 0 Å². The van der Waals surface area contributed by atoms with Crippen LogP contribution in [0.4, 0.5) is 4.79 Å². The van der Waals surface area contributed by atoms with E-state index >= 15 is 0 Å². The topological polar surface area (TPSA) is 46.2 Å². The molecule has 1 N–H and O–H groups in total. The van der Waals surface area contributed by atoms with Crippen LogP contribution in [0.1, 0.15) is 13.8 Å². The Morgan fingerprint density at radius 2 is 2.00 bits per heavy atom. The highest BCUT2D eigenvalue weighted by molar-refractivity contribution is 8.14. The Balaban J connectivity index is 0.000000291. The van der Waals surface area contributed by atoms with Gasteiger partial charge in [0.15, 0.2) is 0 Å². The minimum atomic E-state index is -0.231. The third-order valence-corrected chi connectivity index (χ3v) is 1.35. The average Bonchev–Trinajstić information content (AvgIpc) is 2.20. The highest BCUT2D eigenvalue weighted by atomic mass is 32.2. The Hall–Kier alpha value is -0.510. The molecule has 0 unspecified atom stereocenters. The first kappa shape index (κ1) is 8.49. The highest BCUT2D eigenvalue weighted by Gasteiger charge is 2.16. The van der Waals surface area contributed by atoms with Gasteiger partial charge in [-0.25, -0.2) is 0 Å². The molecular weight excluding hydrogens is 138 g/mol. The fourth-order valence-corrected chi connectivity index (χ4v) is 0.837. The summed E-state index contributed by atoms with van der Waals surface area (Å²) in [6, 6.07) is 0. The normalized spacial score (nSPS) is 16.2. The van der Waals surface area contributed by atoms with Crippen LogP contribution in [0.2, 0.25) is 0 Å². The quantitative estimate of drug-likeness (QED) is 0.556. The molecular formula is C5H9NO2S. The van der Waals surface area contributed by atoms with Crippen molar-refractivity contribution in [3.8, 4) is 0 Å². The SMILES string of the molecule is CC.O=C1CSC(=O)N1. The zero-order chi connectivity index (χ0) is 7.28. The number of carbonyl (C=O) groups is 2. The maximum absolute atomic E-state index is 10.1. The second kappa shape index (κ2) is 4.38. The van der Waals surface area contributed by atoms with Crippen molar-refractivity contribution in [2.24, 2.45) is 0 Å². The largest absolute Gasteiger partial charge is 0.286 e. The van der Waals surface area contributed by atoms with E-state index in [0.717, 1.165) is 11.8 Å². The zero-order valence-electron chi connectivity index (χ0n) is 5.43. The van der Waals surface area contributed by atoms with E-state index in [1.807, 2.05) is 13.8 Å². The number of nitrogens with one attached hydrogen (secondary N) is 1. The van der Waals surface area contributed by atoms with Crippen molar-refractivity contribution in [1.29, 1.82) is 0 Å². The molecule has 1 fully saturated rings. The van der Waals surface area contributed by atoms with Gasteiger partial charge in [0.1, 0.15) is 0 Å². The molecule has 0 aromatic carbocycles. The van der Waals surface area contributed by atoms with E-state index in [-0.39, 0.29) is 11.1 Å². The monoisotopic (exact) mass is 147 g/mol. The molecule has 2 amide bonds. The molecule has 0 atom stereocenters. The van der Waals surface area contributed by atoms with Crippen molar-refractivity contribution in [2.45, 2.75) is 13.8 Å². The number of rotatable bonds is 0. The number of hydrogen-bond acceptors (Lipinski definition) is 3. The number of amides is 2. The third kappa shape index (κ3) is 3.13. The molecule has 9 heavy (non-hydrogen) atoms. The molecule has 1 aliphatic rings. The standard InChI is InChI=1S/C3H3NO2S.C2H6/c5-2-1-7-3(6)4-2;1-2/h1H2,(H,4,5,6);1-2H3. The summed E-state index contributed by atoms with van der Waals surface area (Å²) < 4.78 is 0. The molecule has 1 heterocycles. The average molecular weight is 147 g/mol. The maximum atomic E-state index is 10.1. The Morgan fingerprint density at radius 3 is 2.11 bits per heavy atom. The van der Waals surface area contributed by atoms with E-state index in [2.05, 4.69) is 5.32 Å². The summed E-state index contributed by atoms with van der Waals surface area (Å²) in [7, 11) is 0. The van der Waals surface area contributed by atoms with Crippen LogP contribution < -0.4 is 5.32 Å². The molecule has 0 spiro atoms. The highest BCUT2D eigenvalue weighted by Crippen LogP contribution is 2.06. The van der Waals surface area contributed by atoms with Crippen molar-refractivity contribution >= 4 is 22.9 Å². The Morgan fingerprint density at radius 1 is 1.44 bits per heavy atom. The summed E-state index contributed by atoms with van der Waals surface area (Å²) >= 11 is 1.01. The molecule has 1 saturated heterocycles. The Bertz CT molecular complexity index is 110. The molecule has 4 heteroatoms. The molecule has 0 radical (unpaired) electrons. The predicted octanol–water partition coefficient (Wildman–Crippen LogP) is 0.996. The van der Waals surface area contributed by atoms with E-state index < -0.39 is 0 Å². The van der Waals surface area contributed by atoms with Gasteiger partial charge in [-0.05, 0) is 0 Å². The van der Waals surface area contributed by atoms with Gasteiger partial charge in [0, 0.05) is 0 Å². The molecule has 3 nitrogen and oxygen atoms in total. The predicted molar refractivity (Wildman–Crippen MR) is 37.3 cm³/mol. The number of hydrogen-bond donors (Lipinski definition) is 1. The van der Waals surface area contributed by atoms with Gasteiger partial charge in [-0.3, -0.25) is 14.9 Å². The van der Waals surface area contributed by atoms with Crippen molar-refractivity contribution in [1.82, 2.24) is 5.32 Å². The van der Waals surface area contributed by atoms with E-state index in [4.69, 9.17) is 0 Å². The second-order valence-electron chi connectivity index (χ2n) is 1.12. The molecule has 52 valence electrons. The van der Waals surface area contributed by atoms with Crippen molar-refractivity contribution in [3.63, 3.8) is 0 Å². The molecule has 1 rings (SSSR count). The molecule has 0 saturated carbocycles. The van der Waals surface area contributed by atoms with E-state index in [1.165, 1.54) is 0 Å². The van der Waals surface area contributed by atoms with Crippen molar-refractivity contribution in [3.05, 3.63) is 0 Å². The summed E-state index contributed by atoms with van der Waals surface area (Å²) in [6.45, 7) is 4.00. The molecule has 0 aromatic rings. The Kier molecular flexibility index (Phi) is 4.13. The first-order valence-corrected chi connectivity index (χ1v) is 3.74. The summed E-state index contributed by atoms with van der Waals surface area (Å²) in [5.74, 6) is 0.105. The van der Waals surface area contributed by atoms with Gasteiger partial charge in [0.2, 0.25) is 5.91 Å². The number of thioether (sulfide) groups is 1. The van der Waals surface area contributed by atoms with Crippen LogP contribution in [0.3, 0.4) is 0 Å². The van der Waals surface area contributed by atoms with E-state index in [9.17, 15) is 9.59 Å². The van der Waals surface area contributed by atoms with Gasteiger partial charge in [-0.1, -0.05) is 25.6 Å². The van der Waals surface area contributed by atoms with Gasteiger partial charge in [-0.15, -0.1) is 0 Å². The van der Waals surface area contributed by atoms with Gasteiger partial charge in [0.25, 0.3) is 5.24 Å². The van der Waals surface area contributed by atoms with Gasteiger partial charge in [-0.2, -0.15) is 0 Å². The lowest BCUT2D eigenvalue weighted by Crippen LogP contribution is -2.18. The van der Waals surface area contributed by atoms with Gasteiger partial charge in [0.05, 0.1) is 5.75 Å².